The highest BCUT2D eigenvalue weighted by molar-refractivity contribution is 6.42. The number of nitrogens with zero attached hydrogens (tertiary/aromatic N) is 1. The molecule has 1 amide bonds. The molecule has 0 unspecified atom stereocenters. The number of hydrogen-bond acceptors (Lipinski definition) is 2. The Kier molecular flexibility index (Phi) is 5.63. The van der Waals surface area contributed by atoms with Gasteiger partial charge in [0.05, 0.1) is 15.7 Å². The smallest absolute Gasteiger partial charge is 0.263 e. The average molecular weight is 476 g/mol. The van der Waals surface area contributed by atoms with Gasteiger partial charge in [-0.25, -0.2) is 4.39 Å². The Bertz CT molecular complexity index is 1410. The number of rotatable bonds is 4. The first-order valence-corrected chi connectivity index (χ1v) is 10.9. The van der Waals surface area contributed by atoms with Gasteiger partial charge < -0.3 is 4.42 Å². The minimum Gasteiger partial charge on any atom is -0.457 e. The molecule has 0 fully saturated rings. The molecular weight excluding hydrogens is 460 g/mol. The zero-order valence-corrected chi connectivity index (χ0v) is 18.6. The third-order valence-electron chi connectivity index (χ3n) is 5.27. The standard InChI is InChI=1S/C27H16Cl2FNO2/c28-23-12-6-18(15-24(23)29)26-13-11-22(33-26)14-19-16-25(17-4-2-1-3-5-17)31(27(19)32)21-9-7-20(30)8-10-21/h1-16H/b19-14+. The first-order valence-electron chi connectivity index (χ1n) is 10.1. The van der Waals surface area contributed by atoms with Crippen LogP contribution in [-0.4, -0.2) is 5.91 Å². The molecule has 6 heteroatoms. The molecule has 0 spiro atoms. The molecule has 0 saturated carbocycles. The van der Waals surface area contributed by atoms with Gasteiger partial charge in [0.15, 0.2) is 0 Å². The largest absolute Gasteiger partial charge is 0.457 e. The Balaban J connectivity index is 1.53. The molecule has 2 heterocycles. The van der Waals surface area contributed by atoms with Gasteiger partial charge in [-0.2, -0.15) is 0 Å². The molecule has 162 valence electrons. The van der Waals surface area contributed by atoms with Crippen LogP contribution >= 0.6 is 23.2 Å². The summed E-state index contributed by atoms with van der Waals surface area (Å²) >= 11 is 12.1. The van der Waals surface area contributed by atoms with E-state index in [1.54, 1.807) is 41.3 Å². The van der Waals surface area contributed by atoms with Gasteiger partial charge in [0, 0.05) is 16.8 Å². The summed E-state index contributed by atoms with van der Waals surface area (Å²) in [4.78, 5) is 14.9. The second-order valence-electron chi connectivity index (χ2n) is 7.44. The Morgan fingerprint density at radius 2 is 1.58 bits per heavy atom. The van der Waals surface area contributed by atoms with Crippen LogP contribution in [0.2, 0.25) is 10.0 Å². The number of anilines is 1. The van der Waals surface area contributed by atoms with Crippen molar-refractivity contribution in [2.75, 3.05) is 4.90 Å². The minimum absolute atomic E-state index is 0.229. The molecule has 0 bridgehead atoms. The van der Waals surface area contributed by atoms with E-state index in [2.05, 4.69) is 0 Å². The first-order chi connectivity index (χ1) is 16.0. The SMILES string of the molecule is O=C1/C(=C/c2ccc(-c3ccc(Cl)c(Cl)c3)o2)C=C(c2ccccc2)N1c1ccc(F)cc1. The maximum atomic E-state index is 13.5. The molecule has 0 radical (unpaired) electrons. The number of hydrogen-bond donors (Lipinski definition) is 0. The lowest BCUT2D eigenvalue weighted by Crippen LogP contribution is -2.24. The molecule has 3 aromatic carbocycles. The summed E-state index contributed by atoms with van der Waals surface area (Å²) in [5, 5.41) is 0.896. The minimum atomic E-state index is -0.364. The van der Waals surface area contributed by atoms with E-state index < -0.39 is 0 Å². The maximum Gasteiger partial charge on any atom is 0.263 e. The van der Waals surface area contributed by atoms with Crippen LogP contribution in [0.4, 0.5) is 10.1 Å². The Labute approximate surface area is 200 Å². The topological polar surface area (TPSA) is 33.5 Å². The van der Waals surface area contributed by atoms with Crippen LogP contribution in [0.25, 0.3) is 23.1 Å². The van der Waals surface area contributed by atoms with Gasteiger partial charge in [-0.15, -0.1) is 0 Å². The van der Waals surface area contributed by atoms with Crippen LogP contribution in [0.1, 0.15) is 11.3 Å². The fourth-order valence-electron chi connectivity index (χ4n) is 3.67. The average Bonchev–Trinajstić information content (AvgIpc) is 3.42. The van der Waals surface area contributed by atoms with Crippen molar-refractivity contribution < 1.29 is 13.6 Å². The molecule has 5 rings (SSSR count). The van der Waals surface area contributed by atoms with Crippen molar-refractivity contribution in [3.63, 3.8) is 0 Å². The molecule has 4 aromatic rings. The summed E-state index contributed by atoms with van der Waals surface area (Å²) in [7, 11) is 0. The van der Waals surface area contributed by atoms with Gasteiger partial charge in [-0.05, 0) is 72.3 Å². The molecule has 0 aliphatic carbocycles. The van der Waals surface area contributed by atoms with Crippen molar-refractivity contribution in [1.82, 2.24) is 0 Å². The van der Waals surface area contributed by atoms with Crippen molar-refractivity contribution in [1.29, 1.82) is 0 Å². The highest BCUT2D eigenvalue weighted by Crippen LogP contribution is 2.36. The fourth-order valence-corrected chi connectivity index (χ4v) is 3.97. The summed E-state index contributed by atoms with van der Waals surface area (Å²) in [6.45, 7) is 0. The summed E-state index contributed by atoms with van der Waals surface area (Å²) in [6.07, 6.45) is 3.50. The predicted molar refractivity (Wildman–Crippen MR) is 130 cm³/mol. The second-order valence-corrected chi connectivity index (χ2v) is 8.26. The van der Waals surface area contributed by atoms with Crippen LogP contribution in [0.5, 0.6) is 0 Å². The van der Waals surface area contributed by atoms with Gasteiger partial charge in [0.25, 0.3) is 5.91 Å². The van der Waals surface area contributed by atoms with Crippen LogP contribution < -0.4 is 4.90 Å². The van der Waals surface area contributed by atoms with Crippen LogP contribution in [0, 0.1) is 5.82 Å². The zero-order chi connectivity index (χ0) is 22.9. The van der Waals surface area contributed by atoms with E-state index in [0.29, 0.717) is 38.5 Å². The van der Waals surface area contributed by atoms with Crippen LogP contribution in [0.15, 0.2) is 101 Å². The van der Waals surface area contributed by atoms with Crippen LogP contribution in [0.3, 0.4) is 0 Å². The van der Waals surface area contributed by atoms with Gasteiger partial charge >= 0.3 is 0 Å². The van der Waals surface area contributed by atoms with Crippen molar-refractivity contribution in [2.45, 2.75) is 0 Å². The zero-order valence-electron chi connectivity index (χ0n) is 17.1. The number of carbonyl (C=O) groups is 1. The van der Waals surface area contributed by atoms with E-state index in [0.717, 1.165) is 11.1 Å². The molecule has 0 atom stereocenters. The highest BCUT2D eigenvalue weighted by atomic mass is 35.5. The molecule has 0 saturated heterocycles. The number of carbonyl (C=O) groups excluding carboxylic acids is 1. The van der Waals surface area contributed by atoms with Crippen molar-refractivity contribution >= 4 is 46.6 Å². The van der Waals surface area contributed by atoms with E-state index >= 15 is 0 Å². The summed E-state index contributed by atoms with van der Waals surface area (Å²) < 4.78 is 19.4. The van der Waals surface area contributed by atoms with Gasteiger partial charge in [-0.1, -0.05) is 53.5 Å². The molecular formula is C27H16Cl2FNO2. The third kappa shape index (κ3) is 4.23. The predicted octanol–water partition coefficient (Wildman–Crippen LogP) is 7.86. The lowest BCUT2D eigenvalue weighted by molar-refractivity contribution is -0.113. The van der Waals surface area contributed by atoms with E-state index in [1.165, 1.54) is 12.1 Å². The molecule has 33 heavy (non-hydrogen) atoms. The lowest BCUT2D eigenvalue weighted by atomic mass is 10.1. The molecule has 3 nitrogen and oxygen atoms in total. The Morgan fingerprint density at radius 3 is 2.30 bits per heavy atom. The van der Waals surface area contributed by atoms with E-state index in [1.807, 2.05) is 48.5 Å². The van der Waals surface area contributed by atoms with E-state index in [-0.39, 0.29) is 11.7 Å². The molecule has 1 aliphatic rings. The van der Waals surface area contributed by atoms with E-state index in [9.17, 15) is 9.18 Å². The third-order valence-corrected chi connectivity index (χ3v) is 6.01. The summed E-state index contributed by atoms with van der Waals surface area (Å²) in [6, 6.07) is 24.3. The lowest BCUT2D eigenvalue weighted by Gasteiger charge is -2.20. The van der Waals surface area contributed by atoms with Gasteiger partial charge in [0.2, 0.25) is 0 Å². The summed E-state index contributed by atoms with van der Waals surface area (Å²) in [5.41, 5.74) is 3.38. The van der Waals surface area contributed by atoms with Crippen molar-refractivity contribution in [3.05, 3.63) is 124 Å². The van der Waals surface area contributed by atoms with E-state index in [4.69, 9.17) is 27.6 Å². The highest BCUT2D eigenvalue weighted by Gasteiger charge is 2.30. The second kappa shape index (κ2) is 8.74. The molecule has 1 aromatic heterocycles. The Hall–Kier alpha value is -3.60. The fraction of sp³-hybridized carbons (Fsp3) is 0. The van der Waals surface area contributed by atoms with Crippen molar-refractivity contribution in [3.8, 4) is 11.3 Å². The number of furan rings is 1. The molecule has 1 aliphatic heterocycles. The first kappa shape index (κ1) is 21.3. The van der Waals surface area contributed by atoms with Gasteiger partial charge in [-0.3, -0.25) is 9.69 Å². The normalized spacial score (nSPS) is 14.8. The Morgan fingerprint density at radius 1 is 0.818 bits per heavy atom. The quantitative estimate of drug-likeness (QED) is 0.281. The maximum absolute atomic E-state index is 13.5. The number of halogens is 3. The summed E-state index contributed by atoms with van der Waals surface area (Å²) in [5.74, 6) is 0.530. The number of amides is 1. The van der Waals surface area contributed by atoms with Crippen LogP contribution in [-0.2, 0) is 4.79 Å². The molecule has 0 N–H and O–H groups in total. The van der Waals surface area contributed by atoms with Gasteiger partial charge in [0.1, 0.15) is 17.3 Å². The number of benzene rings is 3. The van der Waals surface area contributed by atoms with Crippen molar-refractivity contribution in [2.24, 2.45) is 0 Å². The monoisotopic (exact) mass is 475 g/mol.